The zero-order valence-electron chi connectivity index (χ0n) is 11.2. The molecule has 1 heterocycles. The molecule has 1 aromatic rings. The van der Waals surface area contributed by atoms with Crippen LogP contribution in [0.4, 0.5) is 0 Å². The van der Waals surface area contributed by atoms with E-state index in [4.69, 9.17) is 0 Å². The number of aryl methyl sites for hydroxylation is 1. The van der Waals surface area contributed by atoms with E-state index in [2.05, 4.69) is 43.4 Å². The summed E-state index contributed by atoms with van der Waals surface area (Å²) in [6.45, 7) is 5.84. The molecule has 1 N–H and O–H groups in total. The van der Waals surface area contributed by atoms with Crippen molar-refractivity contribution in [3.63, 3.8) is 0 Å². The van der Waals surface area contributed by atoms with E-state index in [-0.39, 0.29) is 0 Å². The number of piperidine rings is 1. The van der Waals surface area contributed by atoms with Crippen LogP contribution in [0.2, 0.25) is 0 Å². The van der Waals surface area contributed by atoms with Crippen LogP contribution in [0.5, 0.6) is 0 Å². The lowest BCUT2D eigenvalue weighted by atomic mass is 9.89. The number of hydrogen-bond donors (Lipinski definition) is 1. The highest BCUT2D eigenvalue weighted by molar-refractivity contribution is 5.25. The molecule has 0 radical (unpaired) electrons. The average Bonchev–Trinajstić information content (AvgIpc) is 2.33. The molecule has 17 heavy (non-hydrogen) atoms. The highest BCUT2D eigenvalue weighted by Crippen LogP contribution is 2.20. The largest absolute Gasteiger partial charge is 0.314 e. The van der Waals surface area contributed by atoms with Gasteiger partial charge in [0.05, 0.1) is 0 Å². The maximum atomic E-state index is 3.65. The Kier molecular flexibility index (Phi) is 4.61. The third-order valence-electron chi connectivity index (χ3n) is 3.93. The second-order valence-electron chi connectivity index (χ2n) is 5.62. The number of benzene rings is 1. The zero-order valence-corrected chi connectivity index (χ0v) is 11.2. The summed E-state index contributed by atoms with van der Waals surface area (Å²) in [6.07, 6.45) is 6.70. The molecule has 1 fully saturated rings. The Balaban J connectivity index is 1.84. The third kappa shape index (κ3) is 3.85. The fourth-order valence-corrected chi connectivity index (χ4v) is 2.91. The van der Waals surface area contributed by atoms with Crippen molar-refractivity contribution in [3.8, 4) is 0 Å². The molecule has 2 atom stereocenters. The van der Waals surface area contributed by atoms with Crippen LogP contribution < -0.4 is 5.32 Å². The van der Waals surface area contributed by atoms with E-state index < -0.39 is 0 Å². The minimum Gasteiger partial charge on any atom is -0.314 e. The summed E-state index contributed by atoms with van der Waals surface area (Å²) in [4.78, 5) is 0. The average molecular weight is 231 g/mol. The summed E-state index contributed by atoms with van der Waals surface area (Å²) in [6, 6.07) is 9.56. The van der Waals surface area contributed by atoms with E-state index in [1.54, 1.807) is 0 Å². The first-order chi connectivity index (χ1) is 8.25. The molecule has 0 aromatic heterocycles. The lowest BCUT2D eigenvalue weighted by Crippen LogP contribution is -2.35. The van der Waals surface area contributed by atoms with E-state index >= 15 is 0 Å². The van der Waals surface area contributed by atoms with Crippen molar-refractivity contribution in [3.05, 3.63) is 35.4 Å². The van der Waals surface area contributed by atoms with Crippen LogP contribution in [0.1, 0.15) is 43.7 Å². The van der Waals surface area contributed by atoms with Gasteiger partial charge in [-0.05, 0) is 56.2 Å². The SMILES string of the molecule is Cc1ccccc1CC(C)CC1CCCCN1. The quantitative estimate of drug-likeness (QED) is 0.833. The van der Waals surface area contributed by atoms with Gasteiger partial charge in [0.15, 0.2) is 0 Å². The molecule has 1 nitrogen and oxygen atoms in total. The first kappa shape index (κ1) is 12.6. The van der Waals surface area contributed by atoms with Gasteiger partial charge in [0, 0.05) is 6.04 Å². The predicted octanol–water partition coefficient (Wildman–Crippen LogP) is 3.71. The highest BCUT2D eigenvalue weighted by atomic mass is 14.9. The normalized spacial score (nSPS) is 22.4. The maximum Gasteiger partial charge on any atom is 0.00697 e. The Morgan fingerprint density at radius 2 is 2.12 bits per heavy atom. The fraction of sp³-hybridized carbons (Fsp3) is 0.625. The van der Waals surface area contributed by atoms with Crippen LogP contribution >= 0.6 is 0 Å². The van der Waals surface area contributed by atoms with Crippen molar-refractivity contribution < 1.29 is 0 Å². The zero-order chi connectivity index (χ0) is 12.1. The fourth-order valence-electron chi connectivity index (χ4n) is 2.91. The number of hydrogen-bond acceptors (Lipinski definition) is 1. The molecule has 1 aliphatic rings. The molecule has 1 heteroatoms. The molecule has 1 aromatic carbocycles. The Hall–Kier alpha value is -0.820. The maximum absolute atomic E-state index is 3.65. The van der Waals surface area contributed by atoms with Crippen molar-refractivity contribution in [1.82, 2.24) is 5.32 Å². The van der Waals surface area contributed by atoms with Gasteiger partial charge in [-0.1, -0.05) is 37.6 Å². The van der Waals surface area contributed by atoms with Crippen LogP contribution in [0.15, 0.2) is 24.3 Å². The van der Waals surface area contributed by atoms with Crippen molar-refractivity contribution >= 4 is 0 Å². The van der Waals surface area contributed by atoms with Gasteiger partial charge in [0.1, 0.15) is 0 Å². The molecule has 2 rings (SSSR count). The molecule has 0 spiro atoms. The summed E-state index contributed by atoms with van der Waals surface area (Å²) in [5, 5.41) is 3.65. The Bertz CT molecular complexity index is 339. The molecular weight excluding hydrogens is 206 g/mol. The lowest BCUT2D eigenvalue weighted by molar-refractivity contribution is 0.336. The minimum absolute atomic E-state index is 0.766. The molecule has 2 unspecified atom stereocenters. The molecule has 1 saturated heterocycles. The third-order valence-corrected chi connectivity index (χ3v) is 3.93. The Labute approximate surface area is 106 Å². The van der Waals surface area contributed by atoms with Gasteiger partial charge in [0.25, 0.3) is 0 Å². The summed E-state index contributed by atoms with van der Waals surface area (Å²) in [7, 11) is 0. The molecule has 1 aliphatic heterocycles. The second kappa shape index (κ2) is 6.20. The van der Waals surface area contributed by atoms with Crippen LogP contribution in [-0.2, 0) is 6.42 Å². The van der Waals surface area contributed by atoms with Gasteiger partial charge in [0.2, 0.25) is 0 Å². The molecule has 0 aliphatic carbocycles. The summed E-state index contributed by atoms with van der Waals surface area (Å²) < 4.78 is 0. The van der Waals surface area contributed by atoms with Crippen molar-refractivity contribution in [2.24, 2.45) is 5.92 Å². The van der Waals surface area contributed by atoms with Crippen LogP contribution in [0, 0.1) is 12.8 Å². The molecule has 0 bridgehead atoms. The van der Waals surface area contributed by atoms with Gasteiger partial charge in [-0.3, -0.25) is 0 Å². The van der Waals surface area contributed by atoms with Crippen molar-refractivity contribution in [2.75, 3.05) is 6.54 Å². The van der Waals surface area contributed by atoms with Gasteiger partial charge in [-0.15, -0.1) is 0 Å². The van der Waals surface area contributed by atoms with Gasteiger partial charge < -0.3 is 5.32 Å². The topological polar surface area (TPSA) is 12.0 Å². The van der Waals surface area contributed by atoms with Gasteiger partial charge >= 0.3 is 0 Å². The molecule has 0 amide bonds. The van der Waals surface area contributed by atoms with Gasteiger partial charge in [-0.25, -0.2) is 0 Å². The monoisotopic (exact) mass is 231 g/mol. The van der Waals surface area contributed by atoms with E-state index in [1.807, 2.05) is 0 Å². The number of rotatable bonds is 4. The number of nitrogens with one attached hydrogen (secondary N) is 1. The molecule has 0 saturated carbocycles. The van der Waals surface area contributed by atoms with Gasteiger partial charge in [-0.2, -0.15) is 0 Å². The minimum atomic E-state index is 0.766. The van der Waals surface area contributed by atoms with Crippen LogP contribution in [0.25, 0.3) is 0 Å². The van der Waals surface area contributed by atoms with Crippen molar-refractivity contribution in [2.45, 2.75) is 52.0 Å². The van der Waals surface area contributed by atoms with E-state index in [9.17, 15) is 0 Å². The van der Waals surface area contributed by atoms with Crippen LogP contribution in [-0.4, -0.2) is 12.6 Å². The summed E-state index contributed by atoms with van der Waals surface area (Å²) in [5.74, 6) is 0.784. The standard InChI is InChI=1S/C16H25N/c1-13(12-16-9-5-6-10-17-16)11-15-8-4-3-7-14(15)2/h3-4,7-8,13,16-17H,5-6,9-12H2,1-2H3. The second-order valence-corrected chi connectivity index (χ2v) is 5.62. The molecule has 94 valence electrons. The first-order valence-corrected chi connectivity index (χ1v) is 7.03. The Morgan fingerprint density at radius 3 is 2.82 bits per heavy atom. The predicted molar refractivity (Wildman–Crippen MR) is 74.3 cm³/mol. The lowest BCUT2D eigenvalue weighted by Gasteiger charge is -2.26. The summed E-state index contributed by atoms with van der Waals surface area (Å²) in [5.41, 5.74) is 2.96. The first-order valence-electron chi connectivity index (χ1n) is 7.03. The van der Waals surface area contributed by atoms with E-state index in [0.717, 1.165) is 12.0 Å². The summed E-state index contributed by atoms with van der Waals surface area (Å²) >= 11 is 0. The van der Waals surface area contributed by atoms with Crippen LogP contribution in [0.3, 0.4) is 0 Å². The smallest absolute Gasteiger partial charge is 0.00697 e. The highest BCUT2D eigenvalue weighted by Gasteiger charge is 2.16. The Morgan fingerprint density at radius 1 is 1.29 bits per heavy atom. The van der Waals surface area contributed by atoms with E-state index in [1.165, 1.54) is 49.8 Å². The van der Waals surface area contributed by atoms with E-state index in [0.29, 0.717) is 0 Å². The molecular formula is C16H25N. The van der Waals surface area contributed by atoms with Crippen molar-refractivity contribution in [1.29, 1.82) is 0 Å².